The van der Waals surface area contributed by atoms with Gasteiger partial charge < -0.3 is 4.90 Å². The highest BCUT2D eigenvalue weighted by Crippen LogP contribution is 2.38. The van der Waals surface area contributed by atoms with Gasteiger partial charge in [0, 0.05) is 33.4 Å². The van der Waals surface area contributed by atoms with E-state index < -0.39 is 0 Å². The fourth-order valence-corrected chi connectivity index (χ4v) is 4.76. The molecule has 0 atom stereocenters. The molecule has 1 aromatic heterocycles. The highest BCUT2D eigenvalue weighted by Gasteiger charge is 2.15. The molecule has 0 spiro atoms. The summed E-state index contributed by atoms with van der Waals surface area (Å²) in [5, 5.41) is 2.35. The van der Waals surface area contributed by atoms with E-state index in [0.717, 1.165) is 28.1 Å². The molecule has 0 N–H and O–H groups in total. The molecule has 0 aliphatic carbocycles. The summed E-state index contributed by atoms with van der Waals surface area (Å²) in [5.41, 5.74) is 10.4. The highest BCUT2D eigenvalue weighted by atomic mass is 15.1. The van der Waals surface area contributed by atoms with Crippen LogP contribution < -0.4 is 4.90 Å². The molecule has 6 aromatic rings. The van der Waals surface area contributed by atoms with Gasteiger partial charge in [-0.05, 0) is 67.9 Å². The monoisotopic (exact) mass is 450 g/mol. The highest BCUT2D eigenvalue weighted by molar-refractivity contribution is 6.09. The first-order chi connectivity index (χ1) is 17.2. The van der Waals surface area contributed by atoms with Crippen molar-refractivity contribution in [3.8, 4) is 11.1 Å². The quantitative estimate of drug-likeness (QED) is 0.249. The molecule has 0 saturated carbocycles. The van der Waals surface area contributed by atoms with E-state index in [2.05, 4.69) is 140 Å². The number of para-hydroxylation sites is 2. The maximum Gasteiger partial charge on any atom is 0.0715 e. The Hall–Kier alpha value is -4.43. The molecule has 6 rings (SSSR count). The van der Waals surface area contributed by atoms with Crippen LogP contribution in [0.4, 0.5) is 17.1 Å². The summed E-state index contributed by atoms with van der Waals surface area (Å²) in [6, 6.07) is 43.1. The van der Waals surface area contributed by atoms with Crippen molar-refractivity contribution in [3.63, 3.8) is 0 Å². The van der Waals surface area contributed by atoms with E-state index in [0.29, 0.717) is 0 Å². The van der Waals surface area contributed by atoms with Gasteiger partial charge >= 0.3 is 0 Å². The first-order valence-corrected chi connectivity index (χ1v) is 12.0. The van der Waals surface area contributed by atoms with Crippen LogP contribution in [0.25, 0.3) is 32.9 Å². The van der Waals surface area contributed by atoms with Crippen molar-refractivity contribution in [3.05, 3.63) is 132 Å². The predicted molar refractivity (Wildman–Crippen MR) is 149 cm³/mol. The zero-order valence-corrected chi connectivity index (χ0v) is 19.9. The van der Waals surface area contributed by atoms with Crippen molar-refractivity contribution < 1.29 is 0 Å². The van der Waals surface area contributed by atoms with Gasteiger partial charge in [-0.2, -0.15) is 0 Å². The molecule has 0 fully saturated rings. The molecule has 0 radical (unpaired) electrons. The molecule has 0 saturated heterocycles. The smallest absolute Gasteiger partial charge is 0.0715 e. The van der Waals surface area contributed by atoms with Crippen molar-refractivity contribution in [2.24, 2.45) is 0 Å². The van der Waals surface area contributed by atoms with Crippen molar-refractivity contribution in [2.45, 2.75) is 13.8 Å². The Kier molecular flexibility index (Phi) is 5.27. The zero-order valence-electron chi connectivity index (χ0n) is 19.9. The van der Waals surface area contributed by atoms with Crippen LogP contribution in [0.15, 0.2) is 121 Å². The number of rotatable bonds is 4. The van der Waals surface area contributed by atoms with Gasteiger partial charge in [0.05, 0.1) is 11.0 Å². The summed E-state index contributed by atoms with van der Waals surface area (Å²) in [6.07, 6.45) is 0. The lowest BCUT2D eigenvalue weighted by Gasteiger charge is -2.26. The minimum atomic E-state index is 1.02. The van der Waals surface area contributed by atoms with Gasteiger partial charge in [-0.1, -0.05) is 83.9 Å². The van der Waals surface area contributed by atoms with E-state index in [9.17, 15) is 0 Å². The number of fused-ring (bicyclic) bond motifs is 2. The van der Waals surface area contributed by atoms with Crippen LogP contribution in [0.3, 0.4) is 0 Å². The third-order valence-corrected chi connectivity index (χ3v) is 6.59. The Morgan fingerprint density at radius 3 is 1.31 bits per heavy atom. The maximum atomic E-state index is 4.89. The van der Waals surface area contributed by atoms with Crippen LogP contribution in [0, 0.1) is 13.8 Å². The second-order valence-electron chi connectivity index (χ2n) is 9.07. The molecule has 0 amide bonds. The van der Waals surface area contributed by atoms with E-state index in [4.69, 9.17) is 4.98 Å². The molecular formula is C33H26N2. The van der Waals surface area contributed by atoms with Crippen molar-refractivity contribution in [1.82, 2.24) is 4.98 Å². The summed E-state index contributed by atoms with van der Waals surface area (Å²) in [5.74, 6) is 0. The lowest BCUT2D eigenvalue weighted by molar-refractivity contribution is 1.27. The maximum absolute atomic E-state index is 4.89. The number of aromatic nitrogens is 1. The summed E-state index contributed by atoms with van der Waals surface area (Å²) < 4.78 is 0. The Morgan fingerprint density at radius 1 is 0.457 bits per heavy atom. The standard InChI is InChI=1S/C33H26N2/c1-23-11-17-26(18-12-23)35(27-19-13-24(2)14-20-27)28-21-15-25(16-22-28)33-29-7-3-5-9-31(29)34-32-10-6-4-8-30(32)33/h3-22H,1-2H3. The molecular weight excluding hydrogens is 424 g/mol. The fourth-order valence-electron chi connectivity index (χ4n) is 4.76. The second-order valence-corrected chi connectivity index (χ2v) is 9.07. The third-order valence-electron chi connectivity index (χ3n) is 6.59. The van der Waals surface area contributed by atoms with E-state index in [1.807, 2.05) is 0 Å². The number of anilines is 3. The Balaban J connectivity index is 1.51. The first kappa shape index (κ1) is 21.1. The summed E-state index contributed by atoms with van der Waals surface area (Å²) >= 11 is 0. The van der Waals surface area contributed by atoms with Crippen LogP contribution in [0.5, 0.6) is 0 Å². The number of benzene rings is 5. The van der Waals surface area contributed by atoms with Crippen LogP contribution >= 0.6 is 0 Å². The number of pyridine rings is 1. The molecule has 0 unspecified atom stereocenters. The Morgan fingerprint density at radius 2 is 0.857 bits per heavy atom. The summed E-state index contributed by atoms with van der Waals surface area (Å²) in [6.45, 7) is 4.25. The average molecular weight is 451 g/mol. The number of hydrogen-bond donors (Lipinski definition) is 0. The first-order valence-electron chi connectivity index (χ1n) is 12.0. The number of hydrogen-bond acceptors (Lipinski definition) is 2. The molecule has 1 heterocycles. The van der Waals surface area contributed by atoms with E-state index >= 15 is 0 Å². The largest absolute Gasteiger partial charge is 0.311 e. The fraction of sp³-hybridized carbons (Fsp3) is 0.0606. The van der Waals surface area contributed by atoms with Gasteiger partial charge in [-0.25, -0.2) is 4.98 Å². The van der Waals surface area contributed by atoms with Gasteiger partial charge in [0.15, 0.2) is 0 Å². The van der Waals surface area contributed by atoms with Gasteiger partial charge in [0.2, 0.25) is 0 Å². The number of nitrogens with zero attached hydrogens (tertiary/aromatic N) is 2. The van der Waals surface area contributed by atoms with Gasteiger partial charge in [0.1, 0.15) is 0 Å². The zero-order chi connectivity index (χ0) is 23.8. The number of aryl methyl sites for hydroxylation is 2. The van der Waals surface area contributed by atoms with Crippen molar-refractivity contribution in [1.29, 1.82) is 0 Å². The van der Waals surface area contributed by atoms with Gasteiger partial charge in [0.25, 0.3) is 0 Å². The molecule has 5 aromatic carbocycles. The van der Waals surface area contributed by atoms with Crippen molar-refractivity contribution >= 4 is 38.9 Å². The van der Waals surface area contributed by atoms with Crippen LogP contribution in [-0.4, -0.2) is 4.98 Å². The summed E-state index contributed by atoms with van der Waals surface area (Å²) in [4.78, 5) is 7.21. The third kappa shape index (κ3) is 3.94. The molecule has 0 aliphatic heterocycles. The van der Waals surface area contributed by atoms with Gasteiger partial charge in [-0.15, -0.1) is 0 Å². The predicted octanol–water partition coefficient (Wildman–Crippen LogP) is 9.14. The van der Waals surface area contributed by atoms with E-state index in [-0.39, 0.29) is 0 Å². The lowest BCUT2D eigenvalue weighted by atomic mass is 9.96. The molecule has 2 heteroatoms. The molecule has 2 nitrogen and oxygen atoms in total. The molecule has 0 aliphatic rings. The second kappa shape index (κ2) is 8.73. The normalized spacial score (nSPS) is 11.1. The lowest BCUT2D eigenvalue weighted by Crippen LogP contribution is -2.09. The van der Waals surface area contributed by atoms with E-state index in [1.165, 1.54) is 33.0 Å². The minimum Gasteiger partial charge on any atom is -0.311 e. The average Bonchev–Trinajstić information content (AvgIpc) is 2.90. The SMILES string of the molecule is Cc1ccc(N(c2ccc(C)cc2)c2ccc(-c3c4ccccc4nc4ccccc34)cc2)cc1. The Bertz CT molecular complexity index is 1530. The van der Waals surface area contributed by atoms with Crippen LogP contribution in [0.2, 0.25) is 0 Å². The van der Waals surface area contributed by atoms with E-state index in [1.54, 1.807) is 0 Å². The molecule has 168 valence electrons. The van der Waals surface area contributed by atoms with Crippen LogP contribution in [-0.2, 0) is 0 Å². The minimum absolute atomic E-state index is 1.02. The van der Waals surface area contributed by atoms with Crippen molar-refractivity contribution in [2.75, 3.05) is 4.90 Å². The summed E-state index contributed by atoms with van der Waals surface area (Å²) in [7, 11) is 0. The molecule has 0 bridgehead atoms. The van der Waals surface area contributed by atoms with Gasteiger partial charge in [-0.3, -0.25) is 0 Å². The Labute approximate surface area is 206 Å². The topological polar surface area (TPSA) is 16.1 Å². The molecule has 35 heavy (non-hydrogen) atoms. The van der Waals surface area contributed by atoms with Crippen LogP contribution in [0.1, 0.15) is 11.1 Å².